The number of nitriles is 2. The molecule has 0 amide bonds. The second-order valence-electron chi connectivity index (χ2n) is 8.07. The van der Waals surface area contributed by atoms with Crippen LogP contribution in [0.15, 0.2) is 104 Å². The van der Waals surface area contributed by atoms with Crippen LogP contribution in [-0.4, -0.2) is 9.97 Å². The monoisotopic (exact) mass is 452 g/mol. The fourth-order valence-corrected chi connectivity index (χ4v) is 4.17. The van der Waals surface area contributed by atoms with Gasteiger partial charge < -0.3 is 4.74 Å². The highest BCUT2D eigenvalue weighted by atomic mass is 16.5. The topological polar surface area (TPSA) is 82.6 Å². The first-order valence-corrected chi connectivity index (χ1v) is 11.2. The third-order valence-electron chi connectivity index (χ3n) is 5.89. The molecule has 0 saturated heterocycles. The Kier molecular flexibility index (Phi) is 6.26. The minimum absolute atomic E-state index is 0.259. The van der Waals surface area contributed by atoms with Crippen LogP contribution in [0.2, 0.25) is 0 Å². The van der Waals surface area contributed by atoms with E-state index in [1.54, 1.807) is 24.5 Å². The van der Waals surface area contributed by atoms with Gasteiger partial charge in [-0.2, -0.15) is 10.5 Å². The van der Waals surface area contributed by atoms with Gasteiger partial charge in [-0.3, -0.25) is 9.97 Å². The average molecular weight is 453 g/mol. The molecule has 166 valence electrons. The second-order valence-corrected chi connectivity index (χ2v) is 8.07. The van der Waals surface area contributed by atoms with Crippen molar-refractivity contribution in [2.75, 3.05) is 0 Å². The lowest BCUT2D eigenvalue weighted by atomic mass is 9.91. The second kappa shape index (κ2) is 9.97. The maximum absolute atomic E-state index is 9.87. The van der Waals surface area contributed by atoms with Crippen LogP contribution in [0.1, 0.15) is 34.1 Å². The summed E-state index contributed by atoms with van der Waals surface area (Å²) in [7, 11) is 0. The normalized spacial score (nSPS) is 11.5. The summed E-state index contributed by atoms with van der Waals surface area (Å²) in [5, 5.41) is 21.1. The van der Waals surface area contributed by atoms with E-state index in [2.05, 4.69) is 40.3 Å². The third kappa shape index (κ3) is 4.63. The number of nitrogens with zero attached hydrogens (tertiary/aromatic N) is 4. The van der Waals surface area contributed by atoms with E-state index in [0.29, 0.717) is 11.1 Å². The average Bonchev–Trinajstić information content (AvgIpc) is 2.93. The van der Waals surface area contributed by atoms with Crippen molar-refractivity contribution < 1.29 is 4.74 Å². The Labute approximate surface area is 203 Å². The van der Waals surface area contributed by atoms with Gasteiger partial charge in [0, 0.05) is 29.7 Å². The van der Waals surface area contributed by atoms with Gasteiger partial charge in [0.05, 0.1) is 29.5 Å². The lowest BCUT2D eigenvalue weighted by Gasteiger charge is -2.20. The van der Waals surface area contributed by atoms with Gasteiger partial charge in [-0.15, -0.1) is 0 Å². The van der Waals surface area contributed by atoms with Gasteiger partial charge in [0.1, 0.15) is 12.2 Å². The molecule has 3 aromatic carbocycles. The van der Waals surface area contributed by atoms with E-state index in [1.807, 2.05) is 54.6 Å². The molecular formula is C30H20N4O. The minimum atomic E-state index is -0.414. The number of benzene rings is 3. The highest BCUT2D eigenvalue weighted by Gasteiger charge is 2.19. The summed E-state index contributed by atoms with van der Waals surface area (Å²) in [4.78, 5) is 8.61. The quantitative estimate of drug-likeness (QED) is 0.300. The molecule has 0 aliphatic rings. The van der Waals surface area contributed by atoms with Gasteiger partial charge in [-0.25, -0.2) is 0 Å². The maximum atomic E-state index is 9.87. The first-order valence-electron chi connectivity index (χ1n) is 11.2. The molecule has 35 heavy (non-hydrogen) atoms. The summed E-state index contributed by atoms with van der Waals surface area (Å²) in [6, 6.07) is 31.9. The number of ether oxygens (including phenoxy) is 1. The zero-order chi connectivity index (χ0) is 24.0. The highest BCUT2D eigenvalue weighted by molar-refractivity contribution is 5.97. The van der Waals surface area contributed by atoms with Crippen LogP contribution in [-0.2, 0) is 11.3 Å². The van der Waals surface area contributed by atoms with Crippen LogP contribution >= 0.6 is 0 Å². The molecule has 0 aliphatic heterocycles. The van der Waals surface area contributed by atoms with Crippen molar-refractivity contribution in [1.29, 1.82) is 10.5 Å². The molecule has 5 aromatic rings. The molecule has 5 nitrogen and oxygen atoms in total. The molecule has 0 radical (unpaired) electrons. The molecule has 0 N–H and O–H groups in total. The van der Waals surface area contributed by atoms with Crippen molar-refractivity contribution >= 4 is 10.8 Å². The maximum Gasteiger partial charge on any atom is 0.110 e. The molecule has 0 aliphatic carbocycles. The van der Waals surface area contributed by atoms with E-state index in [9.17, 15) is 5.26 Å². The van der Waals surface area contributed by atoms with Crippen LogP contribution < -0.4 is 0 Å². The van der Waals surface area contributed by atoms with Crippen molar-refractivity contribution in [3.8, 4) is 23.3 Å². The van der Waals surface area contributed by atoms with Crippen molar-refractivity contribution in [3.63, 3.8) is 0 Å². The fourth-order valence-electron chi connectivity index (χ4n) is 4.17. The smallest absolute Gasteiger partial charge is 0.110 e. The summed E-state index contributed by atoms with van der Waals surface area (Å²) in [5.74, 6) is 0. The van der Waals surface area contributed by atoms with Crippen LogP contribution in [0.25, 0.3) is 21.9 Å². The van der Waals surface area contributed by atoms with Gasteiger partial charge >= 0.3 is 0 Å². The standard InChI is InChI=1S/C30H20N4O/c31-16-21-10-13-26(34-18-21)20-35-30(25-7-4-14-33-19-25)23-11-12-24(17-32)29(15-23)28-9-3-6-22-5-1-2-8-27(22)28/h1-15,18-19,30H,20H2. The van der Waals surface area contributed by atoms with E-state index in [0.717, 1.165) is 38.7 Å². The molecule has 5 rings (SSSR count). The number of hydrogen-bond donors (Lipinski definition) is 0. The summed E-state index contributed by atoms with van der Waals surface area (Å²) in [6.45, 7) is 0.259. The van der Waals surface area contributed by atoms with Gasteiger partial charge in [0.2, 0.25) is 0 Å². The van der Waals surface area contributed by atoms with Crippen LogP contribution in [0.5, 0.6) is 0 Å². The number of hydrogen-bond acceptors (Lipinski definition) is 5. The van der Waals surface area contributed by atoms with E-state index < -0.39 is 6.10 Å². The predicted octanol–water partition coefficient (Wildman–Crippen LogP) is 6.35. The van der Waals surface area contributed by atoms with E-state index >= 15 is 0 Å². The Morgan fingerprint density at radius 3 is 2.43 bits per heavy atom. The minimum Gasteiger partial charge on any atom is -0.362 e. The Bertz CT molecular complexity index is 1560. The Morgan fingerprint density at radius 2 is 1.66 bits per heavy atom. The summed E-state index contributed by atoms with van der Waals surface area (Å²) < 4.78 is 6.36. The Balaban J connectivity index is 1.57. The fraction of sp³-hybridized carbons (Fsp3) is 0.0667. The Hall–Kier alpha value is -4.84. The summed E-state index contributed by atoms with van der Waals surface area (Å²) >= 11 is 0. The lowest BCUT2D eigenvalue weighted by molar-refractivity contribution is 0.0644. The van der Waals surface area contributed by atoms with Crippen LogP contribution in [0.4, 0.5) is 0 Å². The van der Waals surface area contributed by atoms with Gasteiger partial charge in [-0.1, -0.05) is 54.6 Å². The SMILES string of the molecule is N#Cc1ccc(COC(c2cccnc2)c2ccc(C#N)c(-c3cccc4ccccc34)c2)nc1. The van der Waals surface area contributed by atoms with Crippen molar-refractivity contribution in [2.24, 2.45) is 0 Å². The van der Waals surface area contributed by atoms with Crippen LogP contribution in [0.3, 0.4) is 0 Å². The van der Waals surface area contributed by atoms with Crippen molar-refractivity contribution in [2.45, 2.75) is 12.7 Å². The molecule has 0 fully saturated rings. The molecule has 0 bridgehead atoms. The van der Waals surface area contributed by atoms with E-state index in [1.165, 1.54) is 6.20 Å². The van der Waals surface area contributed by atoms with Gasteiger partial charge in [0.15, 0.2) is 0 Å². The summed E-state index contributed by atoms with van der Waals surface area (Å²) in [5.41, 5.74) is 5.49. The molecule has 0 spiro atoms. The predicted molar refractivity (Wildman–Crippen MR) is 134 cm³/mol. The molecule has 2 heterocycles. The number of aromatic nitrogens is 2. The zero-order valence-electron chi connectivity index (χ0n) is 18.8. The first kappa shape index (κ1) is 22.0. The third-order valence-corrected chi connectivity index (χ3v) is 5.89. The van der Waals surface area contributed by atoms with Gasteiger partial charge in [-0.05, 0) is 52.2 Å². The first-order chi connectivity index (χ1) is 17.3. The van der Waals surface area contributed by atoms with Crippen molar-refractivity contribution in [1.82, 2.24) is 9.97 Å². The number of fused-ring (bicyclic) bond motifs is 1. The van der Waals surface area contributed by atoms with Gasteiger partial charge in [0.25, 0.3) is 0 Å². The molecule has 1 atom stereocenters. The molecule has 2 aromatic heterocycles. The summed E-state index contributed by atoms with van der Waals surface area (Å²) in [6.07, 6.45) is 4.64. The number of pyridine rings is 2. The van der Waals surface area contributed by atoms with Crippen molar-refractivity contribution in [3.05, 3.63) is 131 Å². The van der Waals surface area contributed by atoms with Crippen LogP contribution in [0, 0.1) is 22.7 Å². The molecule has 1 unspecified atom stereocenters. The molecule has 5 heteroatoms. The number of rotatable bonds is 6. The highest BCUT2D eigenvalue weighted by Crippen LogP contribution is 2.35. The largest absolute Gasteiger partial charge is 0.362 e. The zero-order valence-corrected chi connectivity index (χ0v) is 18.8. The van der Waals surface area contributed by atoms with E-state index in [4.69, 9.17) is 10.00 Å². The lowest BCUT2D eigenvalue weighted by Crippen LogP contribution is -2.08. The molecule has 0 saturated carbocycles. The molecular weight excluding hydrogens is 432 g/mol. The Morgan fingerprint density at radius 1 is 0.771 bits per heavy atom. The van der Waals surface area contributed by atoms with E-state index in [-0.39, 0.29) is 6.61 Å².